The Bertz CT molecular complexity index is 678. The van der Waals surface area contributed by atoms with Crippen molar-refractivity contribution in [3.63, 3.8) is 0 Å². The van der Waals surface area contributed by atoms with Crippen LogP contribution in [0.15, 0.2) is 24.3 Å². The number of unbranched alkanes of at least 4 members (excludes halogenated alkanes) is 16. The summed E-state index contributed by atoms with van der Waals surface area (Å²) in [4.78, 5) is 0. The number of allylic oxidation sites excluding steroid dienone is 3. The molecule has 0 aliphatic rings. The molecule has 0 spiro atoms. The molecule has 0 saturated carbocycles. The summed E-state index contributed by atoms with van der Waals surface area (Å²) in [6.07, 6.45) is 35.4. The molecule has 0 aromatic rings. The van der Waals surface area contributed by atoms with Gasteiger partial charge in [0.25, 0.3) is 0 Å². The molecule has 2 atom stereocenters. The molecule has 0 aliphatic carbocycles. The van der Waals surface area contributed by atoms with E-state index in [2.05, 4.69) is 41.8 Å². The summed E-state index contributed by atoms with van der Waals surface area (Å²) in [6.45, 7) is -0.188. The molecule has 0 rings (SSSR count). The third-order valence-electron chi connectivity index (χ3n) is 5.96. The molecule has 3 heteroatoms. The van der Waals surface area contributed by atoms with Crippen molar-refractivity contribution in [1.29, 1.82) is 0 Å². The maximum atomic E-state index is 9.71. The summed E-state index contributed by atoms with van der Waals surface area (Å²) in [5.41, 5.74) is 0. The van der Waals surface area contributed by atoms with Crippen molar-refractivity contribution < 1.29 is 15.3 Å². The van der Waals surface area contributed by atoms with Crippen LogP contribution in [0.1, 0.15) is 122 Å². The molecular formula is C32H50O3. The summed E-state index contributed by atoms with van der Waals surface area (Å²) in [5.74, 6) is 12.5. The number of rotatable bonds is 22. The Kier molecular flexibility index (Phi) is 26.7. The van der Waals surface area contributed by atoms with Crippen molar-refractivity contribution in [1.82, 2.24) is 0 Å². The topological polar surface area (TPSA) is 60.7 Å². The average molecular weight is 483 g/mol. The number of aliphatic hydroxyl groups is 3. The first kappa shape index (κ1) is 33.0. The van der Waals surface area contributed by atoms with E-state index in [4.69, 9.17) is 11.5 Å². The normalized spacial score (nSPS) is 12.6. The van der Waals surface area contributed by atoms with Crippen molar-refractivity contribution in [2.75, 3.05) is 6.61 Å². The largest absolute Gasteiger partial charge is 0.384 e. The van der Waals surface area contributed by atoms with Crippen molar-refractivity contribution in [2.24, 2.45) is 0 Å². The fraction of sp³-hybridized carbons (Fsp3) is 0.688. The fourth-order valence-electron chi connectivity index (χ4n) is 3.86. The van der Waals surface area contributed by atoms with Gasteiger partial charge in [-0.05, 0) is 69.3 Å². The van der Waals surface area contributed by atoms with Crippen LogP contribution in [-0.2, 0) is 0 Å². The molecule has 0 amide bonds. The van der Waals surface area contributed by atoms with Crippen LogP contribution in [0.25, 0.3) is 0 Å². The third kappa shape index (κ3) is 28.2. The Morgan fingerprint density at radius 2 is 1.06 bits per heavy atom. The highest BCUT2D eigenvalue weighted by Crippen LogP contribution is 2.13. The van der Waals surface area contributed by atoms with Gasteiger partial charge >= 0.3 is 0 Å². The number of hydrogen-bond donors (Lipinski definition) is 3. The zero-order valence-electron chi connectivity index (χ0n) is 22.0. The predicted octanol–water partition coefficient (Wildman–Crippen LogP) is 6.86. The third-order valence-corrected chi connectivity index (χ3v) is 5.96. The van der Waals surface area contributed by atoms with E-state index in [9.17, 15) is 10.2 Å². The lowest BCUT2D eigenvalue weighted by molar-refractivity contribution is 0.217. The van der Waals surface area contributed by atoms with Gasteiger partial charge in [-0.15, -0.1) is 6.42 Å². The molecule has 0 aliphatic heterocycles. The highest BCUT2D eigenvalue weighted by Gasteiger charge is 1.99. The molecule has 3 nitrogen and oxygen atoms in total. The van der Waals surface area contributed by atoms with Crippen molar-refractivity contribution in [2.45, 2.75) is 134 Å². The second-order valence-corrected chi connectivity index (χ2v) is 9.21. The van der Waals surface area contributed by atoms with E-state index < -0.39 is 12.2 Å². The van der Waals surface area contributed by atoms with Crippen LogP contribution in [0.2, 0.25) is 0 Å². The van der Waals surface area contributed by atoms with Gasteiger partial charge in [0.05, 0.1) is 0 Å². The summed E-state index contributed by atoms with van der Waals surface area (Å²) < 4.78 is 0. The molecule has 0 aromatic carbocycles. The summed E-state index contributed by atoms with van der Waals surface area (Å²) in [5, 5.41) is 27.5. The zero-order chi connectivity index (χ0) is 25.7. The Hall–Kier alpha value is -1.96. The average Bonchev–Trinajstić information content (AvgIpc) is 2.86. The first-order valence-corrected chi connectivity index (χ1v) is 13.9. The second-order valence-electron chi connectivity index (χ2n) is 9.21. The van der Waals surface area contributed by atoms with E-state index in [0.717, 1.165) is 19.3 Å². The van der Waals surface area contributed by atoms with Crippen LogP contribution in [0, 0.1) is 36.0 Å². The lowest BCUT2D eigenvalue weighted by Crippen LogP contribution is -2.01. The van der Waals surface area contributed by atoms with Crippen LogP contribution >= 0.6 is 0 Å². The van der Waals surface area contributed by atoms with Gasteiger partial charge in [0.2, 0.25) is 0 Å². The molecule has 3 N–H and O–H groups in total. The quantitative estimate of drug-likeness (QED) is 0.0897. The van der Waals surface area contributed by atoms with E-state index in [1.165, 1.54) is 96.3 Å². The van der Waals surface area contributed by atoms with Gasteiger partial charge in [-0.1, -0.05) is 107 Å². The molecule has 2 unspecified atom stereocenters. The maximum absolute atomic E-state index is 9.71. The van der Waals surface area contributed by atoms with Crippen LogP contribution < -0.4 is 0 Å². The summed E-state index contributed by atoms with van der Waals surface area (Å²) in [6, 6.07) is 0. The minimum atomic E-state index is -0.726. The van der Waals surface area contributed by atoms with E-state index in [-0.39, 0.29) is 6.61 Å². The minimum absolute atomic E-state index is 0.188. The summed E-state index contributed by atoms with van der Waals surface area (Å²) >= 11 is 0. The van der Waals surface area contributed by atoms with Gasteiger partial charge < -0.3 is 15.3 Å². The zero-order valence-corrected chi connectivity index (χ0v) is 22.0. The molecule has 0 aromatic heterocycles. The molecule has 0 bridgehead atoms. The van der Waals surface area contributed by atoms with E-state index in [1.54, 1.807) is 6.08 Å². The Labute approximate surface area is 216 Å². The van der Waals surface area contributed by atoms with E-state index >= 15 is 0 Å². The number of aliphatic hydroxyl groups excluding tert-OH is 3. The highest BCUT2D eigenvalue weighted by atomic mass is 16.3. The maximum Gasteiger partial charge on any atom is 0.133 e. The molecule has 35 heavy (non-hydrogen) atoms. The highest BCUT2D eigenvalue weighted by molar-refractivity contribution is 5.27. The van der Waals surface area contributed by atoms with Gasteiger partial charge in [0.15, 0.2) is 0 Å². The SMILES string of the molecule is C#CC(O)/C=C/CCCCCCCCC/C=C\CCCCCCCCCCC(O)C#CC#CCO. The predicted molar refractivity (Wildman–Crippen MR) is 149 cm³/mol. The van der Waals surface area contributed by atoms with Gasteiger partial charge in [0, 0.05) is 0 Å². The van der Waals surface area contributed by atoms with Gasteiger partial charge in [0.1, 0.15) is 18.8 Å². The Balaban J connectivity index is 3.27. The van der Waals surface area contributed by atoms with E-state index in [1.807, 2.05) is 6.08 Å². The van der Waals surface area contributed by atoms with Crippen LogP contribution in [0.4, 0.5) is 0 Å². The van der Waals surface area contributed by atoms with Gasteiger partial charge in [-0.3, -0.25) is 0 Å². The monoisotopic (exact) mass is 482 g/mol. The van der Waals surface area contributed by atoms with Crippen LogP contribution in [0.5, 0.6) is 0 Å². The molecule has 0 heterocycles. The number of hydrogen-bond acceptors (Lipinski definition) is 3. The fourth-order valence-corrected chi connectivity index (χ4v) is 3.86. The molecule has 0 saturated heterocycles. The van der Waals surface area contributed by atoms with Crippen LogP contribution in [0.3, 0.4) is 0 Å². The number of terminal acetylenes is 1. The molecular weight excluding hydrogens is 432 g/mol. The molecule has 0 fully saturated rings. The smallest absolute Gasteiger partial charge is 0.133 e. The van der Waals surface area contributed by atoms with Crippen molar-refractivity contribution >= 4 is 0 Å². The molecule has 0 radical (unpaired) electrons. The Morgan fingerprint density at radius 3 is 1.54 bits per heavy atom. The minimum Gasteiger partial charge on any atom is -0.384 e. The summed E-state index contributed by atoms with van der Waals surface area (Å²) in [7, 11) is 0. The van der Waals surface area contributed by atoms with Crippen molar-refractivity contribution in [3.05, 3.63) is 24.3 Å². The first-order chi connectivity index (χ1) is 17.2. The Morgan fingerprint density at radius 1 is 0.600 bits per heavy atom. The molecule has 196 valence electrons. The van der Waals surface area contributed by atoms with Crippen LogP contribution in [-0.4, -0.2) is 34.1 Å². The second kappa shape index (κ2) is 28.3. The standard InChI is InChI=1S/C32H50O3/c1-2-31(34)27-23-20-18-16-14-12-10-8-6-4-3-5-7-9-11-13-15-17-19-21-24-28-32(35)29-25-22-26-30-33/h1,3,5,23,27,31-35H,4,6-21,24,28,30H2/b5-3-,27-23+. The van der Waals surface area contributed by atoms with Crippen molar-refractivity contribution in [3.8, 4) is 36.0 Å². The van der Waals surface area contributed by atoms with Gasteiger partial charge in [-0.25, -0.2) is 0 Å². The van der Waals surface area contributed by atoms with E-state index in [0.29, 0.717) is 6.42 Å². The van der Waals surface area contributed by atoms with Gasteiger partial charge in [-0.2, -0.15) is 0 Å². The lowest BCUT2D eigenvalue weighted by atomic mass is 10.0. The lowest BCUT2D eigenvalue weighted by Gasteiger charge is -2.03. The first-order valence-electron chi connectivity index (χ1n) is 13.9.